The summed E-state index contributed by atoms with van der Waals surface area (Å²) >= 11 is 0. The first-order valence-corrected chi connectivity index (χ1v) is 5.82. The van der Waals surface area contributed by atoms with Crippen molar-refractivity contribution < 1.29 is 13.2 Å². The largest absolute Gasteiger partial charge is 0.410 e. The van der Waals surface area contributed by atoms with E-state index >= 15 is 0 Å². The smallest absolute Gasteiger partial charge is 0.354 e. The maximum Gasteiger partial charge on any atom is 0.410 e. The number of hydrogen-bond donors (Lipinski definition) is 0. The summed E-state index contributed by atoms with van der Waals surface area (Å²) < 4.78 is 39.6. The van der Waals surface area contributed by atoms with Gasteiger partial charge in [0.05, 0.1) is 6.20 Å². The molecule has 0 fully saturated rings. The van der Waals surface area contributed by atoms with Crippen LogP contribution in [-0.2, 0) is 0 Å². The standard InChI is InChI=1S/C11H16F3N3/c1-3-8(2)16-7-5-9(11(12,13)14)17-10(16)4-6-15-17/h4,6,8-9H,3,5,7H2,1-2H3. The molecule has 2 unspecified atom stereocenters. The summed E-state index contributed by atoms with van der Waals surface area (Å²) in [5.74, 6) is 0.577. The molecule has 1 aromatic heterocycles. The molecule has 2 atom stereocenters. The topological polar surface area (TPSA) is 21.1 Å². The molecule has 17 heavy (non-hydrogen) atoms. The molecule has 1 aliphatic rings. The highest BCUT2D eigenvalue weighted by molar-refractivity contribution is 5.41. The highest BCUT2D eigenvalue weighted by atomic mass is 19.4. The fourth-order valence-corrected chi connectivity index (χ4v) is 2.24. The van der Waals surface area contributed by atoms with E-state index in [9.17, 15) is 13.2 Å². The van der Waals surface area contributed by atoms with Crippen molar-refractivity contribution in [2.24, 2.45) is 0 Å². The lowest BCUT2D eigenvalue weighted by atomic mass is 10.1. The van der Waals surface area contributed by atoms with Crippen molar-refractivity contribution >= 4 is 5.82 Å². The van der Waals surface area contributed by atoms with Gasteiger partial charge >= 0.3 is 6.18 Å². The van der Waals surface area contributed by atoms with Gasteiger partial charge in [-0.2, -0.15) is 18.3 Å². The van der Waals surface area contributed by atoms with E-state index < -0.39 is 12.2 Å². The van der Waals surface area contributed by atoms with Gasteiger partial charge in [0.15, 0.2) is 6.04 Å². The molecule has 0 aliphatic carbocycles. The Labute approximate surface area is 98.2 Å². The second-order valence-corrected chi connectivity index (χ2v) is 4.43. The van der Waals surface area contributed by atoms with Crippen LogP contribution in [0.3, 0.4) is 0 Å². The molecule has 0 saturated heterocycles. The minimum absolute atomic E-state index is 0.0719. The van der Waals surface area contributed by atoms with Crippen LogP contribution in [0.2, 0.25) is 0 Å². The molecule has 0 N–H and O–H groups in total. The number of anilines is 1. The molecule has 96 valence electrons. The second kappa shape index (κ2) is 4.23. The number of nitrogens with zero attached hydrogens (tertiary/aromatic N) is 3. The maximum atomic E-state index is 12.8. The van der Waals surface area contributed by atoms with Crippen molar-refractivity contribution in [2.75, 3.05) is 11.4 Å². The van der Waals surface area contributed by atoms with Crippen LogP contribution in [0, 0.1) is 0 Å². The summed E-state index contributed by atoms with van der Waals surface area (Å²) in [5, 5.41) is 3.83. The van der Waals surface area contributed by atoms with E-state index in [0.717, 1.165) is 11.1 Å². The quantitative estimate of drug-likeness (QED) is 0.801. The predicted molar refractivity (Wildman–Crippen MR) is 59.0 cm³/mol. The van der Waals surface area contributed by atoms with Crippen molar-refractivity contribution in [3.05, 3.63) is 12.3 Å². The van der Waals surface area contributed by atoms with Gasteiger partial charge < -0.3 is 4.90 Å². The minimum Gasteiger partial charge on any atom is -0.354 e. The Balaban J connectivity index is 2.33. The third kappa shape index (κ3) is 2.12. The summed E-state index contributed by atoms with van der Waals surface area (Å²) in [4.78, 5) is 2.00. The van der Waals surface area contributed by atoms with Crippen LogP contribution in [0.4, 0.5) is 19.0 Å². The molecule has 2 rings (SSSR count). The molecule has 1 aliphatic heterocycles. The molecule has 3 nitrogen and oxygen atoms in total. The van der Waals surface area contributed by atoms with Crippen LogP contribution < -0.4 is 4.90 Å². The lowest BCUT2D eigenvalue weighted by Gasteiger charge is -2.38. The maximum absolute atomic E-state index is 12.8. The van der Waals surface area contributed by atoms with Crippen LogP contribution in [0.25, 0.3) is 0 Å². The van der Waals surface area contributed by atoms with Gasteiger partial charge in [0.25, 0.3) is 0 Å². The van der Waals surface area contributed by atoms with Crippen molar-refractivity contribution in [1.29, 1.82) is 0 Å². The van der Waals surface area contributed by atoms with Gasteiger partial charge in [-0.25, -0.2) is 4.68 Å². The molecular weight excluding hydrogens is 231 g/mol. The van der Waals surface area contributed by atoms with Gasteiger partial charge in [-0.1, -0.05) is 6.92 Å². The van der Waals surface area contributed by atoms with E-state index in [1.807, 2.05) is 18.7 Å². The van der Waals surface area contributed by atoms with E-state index in [0.29, 0.717) is 12.4 Å². The van der Waals surface area contributed by atoms with E-state index in [1.54, 1.807) is 6.07 Å². The Kier molecular flexibility index (Phi) is 3.05. The first kappa shape index (κ1) is 12.3. The van der Waals surface area contributed by atoms with Crippen molar-refractivity contribution in [1.82, 2.24) is 9.78 Å². The highest BCUT2D eigenvalue weighted by Gasteiger charge is 2.45. The summed E-state index contributed by atoms with van der Waals surface area (Å²) in [6, 6.07) is 0.414. The average molecular weight is 247 g/mol. The summed E-state index contributed by atoms with van der Waals surface area (Å²) in [7, 11) is 0. The first-order valence-electron chi connectivity index (χ1n) is 5.82. The van der Waals surface area contributed by atoms with Gasteiger partial charge in [0, 0.05) is 18.7 Å². The number of hydrogen-bond acceptors (Lipinski definition) is 2. The highest BCUT2D eigenvalue weighted by Crippen LogP contribution is 2.39. The average Bonchev–Trinajstić information content (AvgIpc) is 2.73. The SMILES string of the molecule is CCC(C)N1CCC(C(F)(F)F)n2nccc21. The van der Waals surface area contributed by atoms with E-state index in [-0.39, 0.29) is 12.5 Å². The van der Waals surface area contributed by atoms with Crippen LogP contribution in [0.1, 0.15) is 32.7 Å². The summed E-state index contributed by atoms with van der Waals surface area (Å²) in [6.45, 7) is 4.48. The van der Waals surface area contributed by atoms with Crippen LogP contribution in [0.5, 0.6) is 0 Å². The molecule has 1 aromatic rings. The summed E-state index contributed by atoms with van der Waals surface area (Å²) in [5.41, 5.74) is 0. The van der Waals surface area contributed by atoms with Crippen molar-refractivity contribution in [2.45, 2.75) is 44.9 Å². The first-order chi connectivity index (χ1) is 7.95. The predicted octanol–water partition coefficient (Wildman–Crippen LogP) is 3.00. The van der Waals surface area contributed by atoms with Gasteiger partial charge in [-0.3, -0.25) is 0 Å². The number of rotatable bonds is 2. The van der Waals surface area contributed by atoms with Gasteiger partial charge in [0.1, 0.15) is 5.82 Å². The number of alkyl halides is 3. The number of halogens is 3. The van der Waals surface area contributed by atoms with E-state index in [2.05, 4.69) is 5.10 Å². The Morgan fingerprint density at radius 1 is 1.53 bits per heavy atom. The van der Waals surface area contributed by atoms with Crippen LogP contribution in [-0.4, -0.2) is 28.5 Å². The zero-order chi connectivity index (χ0) is 12.6. The molecule has 6 heteroatoms. The molecular formula is C11H16F3N3. The monoisotopic (exact) mass is 247 g/mol. The molecule has 0 radical (unpaired) electrons. The van der Waals surface area contributed by atoms with Gasteiger partial charge in [0.2, 0.25) is 0 Å². The third-order valence-electron chi connectivity index (χ3n) is 3.38. The van der Waals surface area contributed by atoms with Crippen molar-refractivity contribution in [3.63, 3.8) is 0 Å². The molecule has 0 amide bonds. The Bertz CT molecular complexity index is 386. The lowest BCUT2D eigenvalue weighted by molar-refractivity contribution is -0.172. The summed E-state index contributed by atoms with van der Waals surface area (Å²) in [6.07, 6.45) is -1.80. The van der Waals surface area contributed by atoms with Crippen LogP contribution >= 0.6 is 0 Å². The lowest BCUT2D eigenvalue weighted by Crippen LogP contribution is -2.43. The zero-order valence-electron chi connectivity index (χ0n) is 9.91. The Morgan fingerprint density at radius 3 is 2.82 bits per heavy atom. The van der Waals surface area contributed by atoms with Crippen LogP contribution in [0.15, 0.2) is 12.3 Å². The number of aromatic nitrogens is 2. The fraction of sp³-hybridized carbons (Fsp3) is 0.727. The van der Waals surface area contributed by atoms with Gasteiger partial charge in [-0.05, 0) is 19.8 Å². The minimum atomic E-state index is -4.22. The van der Waals surface area contributed by atoms with E-state index in [1.165, 1.54) is 6.20 Å². The molecule has 0 bridgehead atoms. The van der Waals surface area contributed by atoms with Gasteiger partial charge in [-0.15, -0.1) is 0 Å². The third-order valence-corrected chi connectivity index (χ3v) is 3.38. The Morgan fingerprint density at radius 2 is 2.24 bits per heavy atom. The Hall–Kier alpha value is -1.20. The fourth-order valence-electron chi connectivity index (χ4n) is 2.24. The molecule has 0 spiro atoms. The second-order valence-electron chi connectivity index (χ2n) is 4.43. The number of fused-ring (bicyclic) bond motifs is 1. The van der Waals surface area contributed by atoms with E-state index in [4.69, 9.17) is 0 Å². The molecule has 2 heterocycles. The normalized spacial score (nSPS) is 22.4. The van der Waals surface area contributed by atoms with Crippen molar-refractivity contribution in [3.8, 4) is 0 Å². The zero-order valence-corrected chi connectivity index (χ0v) is 9.91. The molecule has 0 saturated carbocycles. The molecule has 0 aromatic carbocycles.